The number of amides is 1. The smallest absolute Gasteiger partial charge is 0.242 e. The van der Waals surface area contributed by atoms with Crippen molar-refractivity contribution in [1.82, 2.24) is 9.58 Å². The van der Waals surface area contributed by atoms with Crippen molar-refractivity contribution in [3.8, 4) is 0 Å². The van der Waals surface area contributed by atoms with Crippen molar-refractivity contribution in [2.24, 2.45) is 5.92 Å². The topological polar surface area (TPSA) is 37.3 Å². The summed E-state index contributed by atoms with van der Waals surface area (Å²) in [7, 11) is 2.06. The number of likely N-dealkylation sites (N-methyl/N-ethyl adjacent to an activating group) is 1. The molecule has 2 atom stereocenters. The van der Waals surface area contributed by atoms with E-state index in [4.69, 9.17) is 0 Å². The first-order valence-corrected chi connectivity index (χ1v) is 8.93. The van der Waals surface area contributed by atoms with Gasteiger partial charge in [0.1, 0.15) is 5.82 Å². The van der Waals surface area contributed by atoms with E-state index in [1.807, 2.05) is 36.5 Å². The van der Waals surface area contributed by atoms with Crippen LogP contribution < -0.4 is 5.43 Å². The second kappa shape index (κ2) is 6.92. The van der Waals surface area contributed by atoms with E-state index in [2.05, 4.69) is 17.4 Å². The molecule has 2 aromatic carbocycles. The van der Waals surface area contributed by atoms with Crippen LogP contribution in [-0.4, -0.2) is 35.6 Å². The normalized spacial score (nSPS) is 21.0. The zero-order valence-electron chi connectivity index (χ0n) is 14.7. The van der Waals surface area contributed by atoms with E-state index in [1.54, 1.807) is 16.8 Å². The molecule has 2 heterocycles. The van der Waals surface area contributed by atoms with Crippen LogP contribution >= 0.6 is 0 Å². The van der Waals surface area contributed by atoms with E-state index in [-0.39, 0.29) is 23.6 Å². The molecule has 1 amide bonds. The van der Waals surface area contributed by atoms with Crippen LogP contribution in [0.15, 0.2) is 60.8 Å². The summed E-state index contributed by atoms with van der Waals surface area (Å²) in [6.45, 7) is 1.67. The summed E-state index contributed by atoms with van der Waals surface area (Å²) in [5.74, 6) is -0.333. The zero-order valence-corrected chi connectivity index (χ0v) is 14.7. The number of para-hydroxylation sites is 1. The summed E-state index contributed by atoms with van der Waals surface area (Å²) in [6, 6.07) is 16.5. The molecule has 1 fully saturated rings. The number of hydrogen-bond donors (Lipinski definition) is 1. The third-order valence-electron chi connectivity index (χ3n) is 5.28. The summed E-state index contributed by atoms with van der Waals surface area (Å²) in [6.07, 6.45) is 2.66. The molecule has 1 saturated heterocycles. The lowest BCUT2D eigenvalue weighted by molar-refractivity contribution is -0.122. The minimum Gasteiger partial charge on any atom is -0.306 e. The monoisotopic (exact) mass is 351 g/mol. The molecule has 26 heavy (non-hydrogen) atoms. The van der Waals surface area contributed by atoms with E-state index in [0.29, 0.717) is 0 Å². The third-order valence-corrected chi connectivity index (χ3v) is 5.28. The molecular weight excluding hydrogens is 329 g/mol. The quantitative estimate of drug-likeness (QED) is 0.783. The average molecular weight is 351 g/mol. The molecule has 0 bridgehead atoms. The van der Waals surface area contributed by atoms with Gasteiger partial charge in [0.2, 0.25) is 5.91 Å². The van der Waals surface area contributed by atoms with E-state index < -0.39 is 0 Å². The molecule has 3 aromatic rings. The van der Waals surface area contributed by atoms with Gasteiger partial charge in [-0.25, -0.2) is 4.39 Å². The Bertz CT molecular complexity index is 918. The molecule has 0 radical (unpaired) electrons. The summed E-state index contributed by atoms with van der Waals surface area (Å²) < 4.78 is 15.1. The molecule has 5 heteroatoms. The average Bonchev–Trinajstić information content (AvgIpc) is 3.05. The standard InChI is InChI=1S/C21H22FN3O/c1-24-12-11-18(19(14-24)15-6-8-17(22)9-7-15)21(26)23-25-13-10-16-4-2-3-5-20(16)25/h2-10,13,18-19H,11-12,14H2,1H3,(H,23,26)/t18-,19-/m0/s1. The second-order valence-corrected chi connectivity index (χ2v) is 7.04. The van der Waals surface area contributed by atoms with Gasteiger partial charge in [-0.15, -0.1) is 0 Å². The number of carbonyl (C=O) groups excluding carboxylic acids is 1. The highest BCUT2D eigenvalue weighted by atomic mass is 19.1. The Morgan fingerprint density at radius 2 is 1.88 bits per heavy atom. The predicted octanol–water partition coefficient (Wildman–Crippen LogP) is 3.59. The summed E-state index contributed by atoms with van der Waals surface area (Å²) in [5.41, 5.74) is 5.03. The molecule has 0 spiro atoms. The Morgan fingerprint density at radius 1 is 1.12 bits per heavy atom. The van der Waals surface area contributed by atoms with Crippen molar-refractivity contribution in [2.45, 2.75) is 12.3 Å². The van der Waals surface area contributed by atoms with E-state index in [9.17, 15) is 9.18 Å². The van der Waals surface area contributed by atoms with Crippen LogP contribution in [0.4, 0.5) is 4.39 Å². The first-order valence-electron chi connectivity index (χ1n) is 8.93. The molecular formula is C21H22FN3O. The van der Waals surface area contributed by atoms with Gasteiger partial charge >= 0.3 is 0 Å². The van der Waals surface area contributed by atoms with Crippen molar-refractivity contribution in [2.75, 3.05) is 25.6 Å². The van der Waals surface area contributed by atoms with Crippen LogP contribution in [0.2, 0.25) is 0 Å². The molecule has 1 aromatic heterocycles. The molecule has 1 aliphatic heterocycles. The first kappa shape index (κ1) is 16.8. The van der Waals surface area contributed by atoms with Crippen LogP contribution in [0.3, 0.4) is 0 Å². The molecule has 4 nitrogen and oxygen atoms in total. The van der Waals surface area contributed by atoms with Gasteiger partial charge in [0, 0.05) is 30.0 Å². The van der Waals surface area contributed by atoms with Crippen molar-refractivity contribution in [1.29, 1.82) is 0 Å². The Labute approximate surface area is 152 Å². The number of likely N-dealkylation sites (tertiary alicyclic amines) is 1. The van der Waals surface area contributed by atoms with Crippen molar-refractivity contribution in [3.63, 3.8) is 0 Å². The number of fused-ring (bicyclic) bond motifs is 1. The van der Waals surface area contributed by atoms with E-state index in [1.165, 1.54) is 12.1 Å². The fraction of sp³-hybridized carbons (Fsp3) is 0.286. The van der Waals surface area contributed by atoms with Crippen molar-refractivity contribution in [3.05, 3.63) is 72.2 Å². The van der Waals surface area contributed by atoms with Crippen LogP contribution in [-0.2, 0) is 4.79 Å². The molecule has 134 valence electrons. The number of benzene rings is 2. The Morgan fingerprint density at radius 3 is 2.69 bits per heavy atom. The number of carbonyl (C=O) groups is 1. The second-order valence-electron chi connectivity index (χ2n) is 7.04. The van der Waals surface area contributed by atoms with Crippen LogP contribution in [0, 0.1) is 11.7 Å². The zero-order chi connectivity index (χ0) is 18.1. The van der Waals surface area contributed by atoms with Gasteiger partial charge in [0.25, 0.3) is 0 Å². The molecule has 0 aliphatic carbocycles. The Balaban J connectivity index is 1.59. The van der Waals surface area contributed by atoms with Gasteiger partial charge in [-0.3, -0.25) is 14.9 Å². The molecule has 0 unspecified atom stereocenters. The summed E-state index contributed by atoms with van der Waals surface area (Å²) in [5, 5.41) is 1.09. The number of nitrogens with one attached hydrogen (secondary N) is 1. The highest BCUT2D eigenvalue weighted by molar-refractivity contribution is 5.90. The van der Waals surface area contributed by atoms with Gasteiger partial charge in [-0.2, -0.15) is 0 Å². The molecule has 0 saturated carbocycles. The van der Waals surface area contributed by atoms with E-state index in [0.717, 1.165) is 36.0 Å². The van der Waals surface area contributed by atoms with Crippen molar-refractivity contribution < 1.29 is 9.18 Å². The van der Waals surface area contributed by atoms with Crippen LogP contribution in [0.5, 0.6) is 0 Å². The number of halogens is 1. The van der Waals surface area contributed by atoms with Gasteiger partial charge in [-0.1, -0.05) is 30.3 Å². The lowest BCUT2D eigenvalue weighted by atomic mass is 9.80. The number of piperidine rings is 1. The predicted molar refractivity (Wildman–Crippen MR) is 101 cm³/mol. The largest absolute Gasteiger partial charge is 0.306 e. The minimum absolute atomic E-state index is 0.00813. The highest BCUT2D eigenvalue weighted by Crippen LogP contribution is 2.32. The van der Waals surface area contributed by atoms with Gasteiger partial charge < -0.3 is 4.90 Å². The molecule has 4 rings (SSSR count). The lowest BCUT2D eigenvalue weighted by Crippen LogP contribution is -2.43. The highest BCUT2D eigenvalue weighted by Gasteiger charge is 2.34. The molecule has 1 N–H and O–H groups in total. The SMILES string of the molecule is CN1CC[C@H](C(=O)Nn2ccc3ccccc32)[C@H](c2ccc(F)cc2)C1. The van der Waals surface area contributed by atoms with Gasteiger partial charge in [-0.05, 0) is 49.8 Å². The van der Waals surface area contributed by atoms with Gasteiger partial charge in [0.05, 0.1) is 5.52 Å². The van der Waals surface area contributed by atoms with Gasteiger partial charge in [0.15, 0.2) is 0 Å². The number of nitrogens with zero attached hydrogens (tertiary/aromatic N) is 2. The number of aromatic nitrogens is 1. The number of rotatable bonds is 3. The third kappa shape index (κ3) is 3.22. The van der Waals surface area contributed by atoms with Crippen LogP contribution in [0.25, 0.3) is 10.9 Å². The maximum atomic E-state index is 13.3. The Hall–Kier alpha value is -2.66. The van der Waals surface area contributed by atoms with E-state index >= 15 is 0 Å². The number of hydrogen-bond acceptors (Lipinski definition) is 2. The Kier molecular flexibility index (Phi) is 4.47. The minimum atomic E-state index is -0.252. The first-order chi connectivity index (χ1) is 12.6. The fourth-order valence-corrected chi connectivity index (χ4v) is 3.86. The maximum Gasteiger partial charge on any atom is 0.242 e. The lowest BCUT2D eigenvalue weighted by Gasteiger charge is -2.36. The van der Waals surface area contributed by atoms with Crippen molar-refractivity contribution >= 4 is 16.8 Å². The summed E-state index contributed by atoms with van der Waals surface area (Å²) in [4.78, 5) is 15.3. The fourth-order valence-electron chi connectivity index (χ4n) is 3.86. The summed E-state index contributed by atoms with van der Waals surface area (Å²) >= 11 is 0. The maximum absolute atomic E-state index is 13.3. The van der Waals surface area contributed by atoms with Crippen LogP contribution in [0.1, 0.15) is 17.9 Å². The molecule has 1 aliphatic rings.